The summed E-state index contributed by atoms with van der Waals surface area (Å²) in [5, 5.41) is 3.42. The van der Waals surface area contributed by atoms with Gasteiger partial charge in [0.1, 0.15) is 5.75 Å². The third kappa shape index (κ3) is 5.48. The molecule has 0 radical (unpaired) electrons. The van der Waals surface area contributed by atoms with Crippen molar-refractivity contribution in [1.82, 2.24) is 10.3 Å². The molecule has 0 bridgehead atoms. The van der Waals surface area contributed by atoms with Crippen LogP contribution < -0.4 is 10.1 Å². The maximum atomic E-state index is 5.93. The maximum Gasteiger partial charge on any atom is 0.123 e. The van der Waals surface area contributed by atoms with E-state index in [9.17, 15) is 0 Å². The van der Waals surface area contributed by atoms with Crippen LogP contribution in [0.25, 0.3) is 0 Å². The van der Waals surface area contributed by atoms with Gasteiger partial charge in [-0.1, -0.05) is 35.8 Å². The molecule has 2 aromatic rings. The highest BCUT2D eigenvalue weighted by Gasteiger charge is 2.06. The molecular weight excluding hydrogens is 328 g/mol. The molecule has 4 heteroatoms. The average Bonchev–Trinajstić information content (AvgIpc) is 2.48. The van der Waals surface area contributed by atoms with Crippen molar-refractivity contribution < 1.29 is 4.74 Å². The number of ether oxygens (including phenoxy) is 1. The molecule has 21 heavy (non-hydrogen) atoms. The Bertz CT molecular complexity index is 558. The van der Waals surface area contributed by atoms with Gasteiger partial charge < -0.3 is 10.1 Å². The number of halogens is 1. The Morgan fingerprint density at radius 3 is 2.81 bits per heavy atom. The molecule has 3 nitrogen and oxygen atoms in total. The van der Waals surface area contributed by atoms with Crippen molar-refractivity contribution in [3.05, 3.63) is 58.3 Å². The zero-order valence-corrected chi connectivity index (χ0v) is 14.1. The second-order valence-corrected chi connectivity index (χ2v) is 6.12. The number of hydrogen-bond donors (Lipinski definition) is 1. The van der Waals surface area contributed by atoms with Crippen LogP contribution >= 0.6 is 15.9 Å². The van der Waals surface area contributed by atoms with Crippen molar-refractivity contribution in [2.45, 2.75) is 32.9 Å². The Labute approximate surface area is 134 Å². The van der Waals surface area contributed by atoms with Crippen molar-refractivity contribution >= 4 is 15.9 Å². The first-order valence-corrected chi connectivity index (χ1v) is 7.99. The van der Waals surface area contributed by atoms with Gasteiger partial charge in [0.2, 0.25) is 0 Å². The summed E-state index contributed by atoms with van der Waals surface area (Å²) in [4.78, 5) is 4.31. The van der Waals surface area contributed by atoms with Crippen LogP contribution in [0.1, 0.15) is 25.1 Å². The van der Waals surface area contributed by atoms with E-state index in [0.717, 1.165) is 28.9 Å². The summed E-state index contributed by atoms with van der Waals surface area (Å²) in [6, 6.07) is 12.5. The normalized spacial score (nSPS) is 10.9. The van der Waals surface area contributed by atoms with Crippen LogP contribution in [0.3, 0.4) is 0 Å². The lowest BCUT2D eigenvalue weighted by Gasteiger charge is -2.14. The minimum atomic E-state index is 0.449. The van der Waals surface area contributed by atoms with Gasteiger partial charge in [0.05, 0.1) is 6.61 Å². The number of nitrogens with zero attached hydrogens (tertiary/aromatic N) is 1. The molecule has 112 valence electrons. The monoisotopic (exact) mass is 348 g/mol. The summed E-state index contributed by atoms with van der Waals surface area (Å²) in [5.41, 5.74) is 2.22. The van der Waals surface area contributed by atoms with E-state index in [0.29, 0.717) is 12.6 Å². The van der Waals surface area contributed by atoms with Crippen molar-refractivity contribution in [2.24, 2.45) is 0 Å². The Morgan fingerprint density at radius 2 is 2.10 bits per heavy atom. The fourth-order valence-electron chi connectivity index (χ4n) is 1.95. The fraction of sp³-hybridized carbons (Fsp3) is 0.353. The number of hydrogen-bond acceptors (Lipinski definition) is 3. The van der Waals surface area contributed by atoms with Crippen LogP contribution in [0, 0.1) is 0 Å². The Kier molecular flexibility index (Phi) is 6.21. The van der Waals surface area contributed by atoms with Gasteiger partial charge in [0, 0.05) is 40.9 Å². The predicted octanol–water partition coefficient (Wildman–Crippen LogP) is 3.96. The highest BCUT2D eigenvalue weighted by molar-refractivity contribution is 9.10. The van der Waals surface area contributed by atoms with Crippen molar-refractivity contribution in [2.75, 3.05) is 6.61 Å². The van der Waals surface area contributed by atoms with Crippen LogP contribution in [-0.2, 0) is 13.0 Å². The fourth-order valence-corrected chi connectivity index (χ4v) is 2.36. The first-order chi connectivity index (χ1) is 10.1. The van der Waals surface area contributed by atoms with Gasteiger partial charge in [-0.15, -0.1) is 0 Å². The molecule has 1 aromatic carbocycles. The molecule has 0 unspecified atom stereocenters. The molecule has 1 heterocycles. The minimum Gasteiger partial charge on any atom is -0.493 e. The van der Waals surface area contributed by atoms with E-state index in [-0.39, 0.29) is 0 Å². The molecule has 1 N–H and O–H groups in total. The number of aromatic nitrogens is 1. The molecule has 2 rings (SSSR count). The largest absolute Gasteiger partial charge is 0.493 e. The molecule has 0 aliphatic carbocycles. The van der Waals surface area contributed by atoms with Crippen molar-refractivity contribution in [1.29, 1.82) is 0 Å². The third-order valence-electron chi connectivity index (χ3n) is 3.07. The molecule has 0 aliphatic heterocycles. The smallest absolute Gasteiger partial charge is 0.123 e. The van der Waals surface area contributed by atoms with E-state index in [4.69, 9.17) is 4.74 Å². The number of nitrogens with one attached hydrogen (secondary N) is 1. The first kappa shape index (κ1) is 16.0. The van der Waals surface area contributed by atoms with Gasteiger partial charge in [0.25, 0.3) is 0 Å². The first-order valence-electron chi connectivity index (χ1n) is 7.19. The van der Waals surface area contributed by atoms with Crippen LogP contribution in [0.2, 0.25) is 0 Å². The summed E-state index contributed by atoms with van der Waals surface area (Å²) in [6.45, 7) is 5.71. The Balaban J connectivity index is 1.95. The van der Waals surface area contributed by atoms with E-state index >= 15 is 0 Å². The second kappa shape index (κ2) is 8.15. The van der Waals surface area contributed by atoms with Crippen molar-refractivity contribution in [3.63, 3.8) is 0 Å². The Hall–Kier alpha value is -1.39. The van der Waals surface area contributed by atoms with Gasteiger partial charge in [-0.25, -0.2) is 0 Å². The summed E-state index contributed by atoms with van der Waals surface area (Å²) in [6.07, 6.45) is 2.63. The van der Waals surface area contributed by atoms with E-state index in [1.807, 2.05) is 36.5 Å². The Morgan fingerprint density at radius 1 is 1.24 bits per heavy atom. The molecule has 1 aromatic heterocycles. The lowest BCUT2D eigenvalue weighted by Crippen LogP contribution is -2.22. The summed E-state index contributed by atoms with van der Waals surface area (Å²) in [7, 11) is 0. The predicted molar refractivity (Wildman–Crippen MR) is 89.6 cm³/mol. The van der Waals surface area contributed by atoms with Crippen molar-refractivity contribution in [3.8, 4) is 5.75 Å². The van der Waals surface area contributed by atoms with E-state index in [1.165, 1.54) is 5.56 Å². The lowest BCUT2D eigenvalue weighted by molar-refractivity contribution is 0.316. The average molecular weight is 349 g/mol. The summed E-state index contributed by atoms with van der Waals surface area (Å²) >= 11 is 3.51. The maximum absolute atomic E-state index is 5.93. The molecule has 0 amide bonds. The van der Waals surface area contributed by atoms with E-state index in [1.54, 1.807) is 0 Å². The van der Waals surface area contributed by atoms with Crippen LogP contribution in [0.5, 0.6) is 5.75 Å². The number of benzene rings is 1. The minimum absolute atomic E-state index is 0.449. The molecular formula is C17H21BrN2O. The van der Waals surface area contributed by atoms with E-state index in [2.05, 4.69) is 46.1 Å². The zero-order valence-electron chi connectivity index (χ0n) is 12.5. The highest BCUT2D eigenvalue weighted by atomic mass is 79.9. The van der Waals surface area contributed by atoms with Gasteiger partial charge in [-0.2, -0.15) is 0 Å². The summed E-state index contributed by atoms with van der Waals surface area (Å²) in [5.74, 6) is 0.933. The number of pyridine rings is 1. The zero-order chi connectivity index (χ0) is 15.1. The molecule has 0 atom stereocenters. The SMILES string of the molecule is CC(C)NCc1cc(Br)ccc1OCCc1ccccn1. The topological polar surface area (TPSA) is 34.1 Å². The van der Waals surface area contributed by atoms with E-state index < -0.39 is 0 Å². The molecule has 0 fully saturated rings. The van der Waals surface area contributed by atoms with Gasteiger partial charge >= 0.3 is 0 Å². The molecule has 0 saturated carbocycles. The third-order valence-corrected chi connectivity index (χ3v) is 3.56. The van der Waals surface area contributed by atoms with Crippen LogP contribution in [0.4, 0.5) is 0 Å². The lowest BCUT2D eigenvalue weighted by atomic mass is 10.2. The van der Waals surface area contributed by atoms with Crippen LogP contribution in [-0.4, -0.2) is 17.6 Å². The standard InChI is InChI=1S/C17H21BrN2O/c1-13(2)20-12-14-11-15(18)6-7-17(14)21-10-8-16-5-3-4-9-19-16/h3-7,9,11,13,20H,8,10,12H2,1-2H3. The van der Waals surface area contributed by atoms with Crippen LogP contribution in [0.15, 0.2) is 47.1 Å². The quantitative estimate of drug-likeness (QED) is 0.822. The molecule has 0 saturated heterocycles. The van der Waals surface area contributed by atoms with Gasteiger partial charge in [0.15, 0.2) is 0 Å². The highest BCUT2D eigenvalue weighted by Crippen LogP contribution is 2.23. The van der Waals surface area contributed by atoms with Gasteiger partial charge in [-0.05, 0) is 30.3 Å². The number of rotatable bonds is 7. The summed E-state index contributed by atoms with van der Waals surface area (Å²) < 4.78 is 7.00. The van der Waals surface area contributed by atoms with Gasteiger partial charge in [-0.3, -0.25) is 4.98 Å². The molecule has 0 spiro atoms. The second-order valence-electron chi connectivity index (χ2n) is 5.21. The molecule has 0 aliphatic rings.